The van der Waals surface area contributed by atoms with Crippen molar-refractivity contribution >= 4 is 29.9 Å². The molecule has 168 valence electrons. The highest BCUT2D eigenvalue weighted by Crippen LogP contribution is 2.22. The number of aromatic nitrogens is 2. The molecular formula is C22H34N8O. The lowest BCUT2D eigenvalue weighted by molar-refractivity contribution is -0.0979. The van der Waals surface area contributed by atoms with E-state index in [1.807, 2.05) is 20.0 Å². The molecule has 0 amide bonds. The van der Waals surface area contributed by atoms with Crippen molar-refractivity contribution in [1.29, 1.82) is 0 Å². The lowest BCUT2D eigenvalue weighted by atomic mass is 10.2. The van der Waals surface area contributed by atoms with Crippen molar-refractivity contribution in [3.8, 4) is 0 Å². The summed E-state index contributed by atoms with van der Waals surface area (Å²) >= 11 is 0. The van der Waals surface area contributed by atoms with Gasteiger partial charge in [0.25, 0.3) is 0 Å². The maximum atomic E-state index is 8.00. The summed E-state index contributed by atoms with van der Waals surface area (Å²) in [5.74, 6) is 1.52. The fourth-order valence-corrected chi connectivity index (χ4v) is 3.83. The summed E-state index contributed by atoms with van der Waals surface area (Å²) < 4.78 is 0. The number of carbonyl (C=O) groups is 1. The predicted octanol–water partition coefficient (Wildman–Crippen LogP) is 1.28. The van der Waals surface area contributed by atoms with E-state index >= 15 is 0 Å². The molecule has 1 aromatic heterocycles. The Kier molecular flexibility index (Phi) is 8.57. The Bertz CT molecular complexity index is 802. The number of hydrogen-bond acceptors (Lipinski definition) is 9. The third-order valence-corrected chi connectivity index (χ3v) is 5.62. The van der Waals surface area contributed by atoms with Crippen LogP contribution >= 0.6 is 0 Å². The Balaban J connectivity index is 0.00000132. The summed E-state index contributed by atoms with van der Waals surface area (Å²) in [7, 11) is 4.12. The van der Waals surface area contributed by atoms with Crippen LogP contribution in [0.15, 0.2) is 30.5 Å². The fraction of sp³-hybridized carbons (Fsp3) is 0.500. The van der Waals surface area contributed by atoms with E-state index in [1.54, 1.807) is 0 Å². The highest BCUT2D eigenvalue weighted by atomic mass is 16.1. The Hall–Kier alpha value is -2.75. The molecule has 4 rings (SSSR count). The Labute approximate surface area is 184 Å². The van der Waals surface area contributed by atoms with Crippen molar-refractivity contribution in [1.82, 2.24) is 25.5 Å². The lowest BCUT2D eigenvalue weighted by Crippen LogP contribution is -2.44. The van der Waals surface area contributed by atoms with Gasteiger partial charge in [-0.25, -0.2) is 4.98 Å². The zero-order valence-corrected chi connectivity index (χ0v) is 18.5. The van der Waals surface area contributed by atoms with Gasteiger partial charge in [-0.1, -0.05) is 0 Å². The van der Waals surface area contributed by atoms with Gasteiger partial charge in [0, 0.05) is 68.4 Å². The molecule has 4 N–H and O–H groups in total. The molecule has 2 fully saturated rings. The number of hydrogen-bond donors (Lipinski definition) is 4. The van der Waals surface area contributed by atoms with Gasteiger partial charge in [0.15, 0.2) is 0 Å². The first-order valence-electron chi connectivity index (χ1n) is 10.8. The predicted molar refractivity (Wildman–Crippen MR) is 126 cm³/mol. The monoisotopic (exact) mass is 426 g/mol. The highest BCUT2D eigenvalue weighted by Gasteiger charge is 2.17. The number of piperazine rings is 1. The second kappa shape index (κ2) is 11.6. The molecule has 9 heteroatoms. The summed E-state index contributed by atoms with van der Waals surface area (Å²) in [6, 6.07) is 8.97. The molecular weight excluding hydrogens is 392 g/mol. The van der Waals surface area contributed by atoms with Crippen LogP contribution in [0.1, 0.15) is 12.0 Å². The van der Waals surface area contributed by atoms with E-state index in [-0.39, 0.29) is 0 Å². The molecule has 2 aliphatic rings. The number of likely N-dealkylation sites (N-methyl/N-ethyl adjacent to an activating group) is 1. The van der Waals surface area contributed by atoms with E-state index in [0.717, 1.165) is 69.3 Å². The minimum absolute atomic E-state index is 0.413. The van der Waals surface area contributed by atoms with E-state index in [0.29, 0.717) is 12.0 Å². The number of rotatable bonds is 7. The normalized spacial score (nSPS) is 18.9. The van der Waals surface area contributed by atoms with Crippen molar-refractivity contribution in [3.05, 3.63) is 36.0 Å². The molecule has 0 spiro atoms. The molecule has 2 aromatic rings. The van der Waals surface area contributed by atoms with Crippen molar-refractivity contribution in [2.45, 2.75) is 19.0 Å². The number of benzene rings is 1. The molecule has 3 heterocycles. The number of nitrogens with zero attached hydrogens (tertiary/aromatic N) is 4. The SMILES string of the molecule is C=O.CNCc1cnc(Nc2ccc(N3CCN(C)CC3)cc2)nc1NC1CCNC1. The van der Waals surface area contributed by atoms with Gasteiger partial charge in [-0.15, -0.1) is 0 Å². The van der Waals surface area contributed by atoms with Gasteiger partial charge in [-0.3, -0.25) is 0 Å². The lowest BCUT2D eigenvalue weighted by Gasteiger charge is -2.34. The van der Waals surface area contributed by atoms with E-state index in [9.17, 15) is 0 Å². The average Bonchev–Trinajstić information content (AvgIpc) is 3.31. The largest absolute Gasteiger partial charge is 0.369 e. The summed E-state index contributed by atoms with van der Waals surface area (Å²) in [6.45, 7) is 9.13. The molecule has 0 bridgehead atoms. The van der Waals surface area contributed by atoms with Crippen LogP contribution in [-0.4, -0.2) is 81.1 Å². The van der Waals surface area contributed by atoms with Gasteiger partial charge in [-0.05, 0) is 51.3 Å². The second-order valence-electron chi connectivity index (χ2n) is 7.89. The molecule has 9 nitrogen and oxygen atoms in total. The molecule has 1 unspecified atom stereocenters. The van der Waals surface area contributed by atoms with Crippen molar-refractivity contribution < 1.29 is 4.79 Å². The third-order valence-electron chi connectivity index (χ3n) is 5.62. The van der Waals surface area contributed by atoms with Crippen LogP contribution in [0, 0.1) is 0 Å². The van der Waals surface area contributed by atoms with E-state index in [2.05, 4.69) is 67.4 Å². The first-order valence-corrected chi connectivity index (χ1v) is 10.8. The molecule has 0 radical (unpaired) electrons. The van der Waals surface area contributed by atoms with Crippen LogP contribution < -0.4 is 26.2 Å². The molecule has 0 aliphatic carbocycles. The van der Waals surface area contributed by atoms with Crippen molar-refractivity contribution in [3.63, 3.8) is 0 Å². The zero-order chi connectivity index (χ0) is 22.1. The summed E-state index contributed by atoms with van der Waals surface area (Å²) in [4.78, 5) is 22.1. The van der Waals surface area contributed by atoms with Crippen LogP contribution in [0.4, 0.5) is 23.1 Å². The van der Waals surface area contributed by atoms with E-state index < -0.39 is 0 Å². The van der Waals surface area contributed by atoms with Crippen LogP contribution in [0.2, 0.25) is 0 Å². The molecule has 2 aliphatic heterocycles. The van der Waals surface area contributed by atoms with Gasteiger partial charge in [0.1, 0.15) is 12.6 Å². The Morgan fingerprint density at radius 1 is 1.16 bits per heavy atom. The van der Waals surface area contributed by atoms with Gasteiger partial charge in [0.2, 0.25) is 5.95 Å². The number of nitrogens with one attached hydrogen (secondary N) is 4. The molecule has 2 saturated heterocycles. The standard InChI is InChI=1S/C21H32N8.CH2O/c1-22-13-16-14-24-21(27-20(16)25-18-7-8-23-15-18)26-17-3-5-19(6-4-17)29-11-9-28(2)10-12-29;1-2/h3-6,14,18,22-23H,7-13,15H2,1-2H3,(H2,24,25,26,27);1H2. The second-order valence-corrected chi connectivity index (χ2v) is 7.89. The van der Waals surface area contributed by atoms with Crippen LogP contribution in [-0.2, 0) is 11.3 Å². The molecule has 1 aromatic carbocycles. The van der Waals surface area contributed by atoms with Gasteiger partial charge < -0.3 is 35.9 Å². The van der Waals surface area contributed by atoms with Crippen LogP contribution in [0.3, 0.4) is 0 Å². The van der Waals surface area contributed by atoms with Crippen LogP contribution in [0.5, 0.6) is 0 Å². The maximum Gasteiger partial charge on any atom is 0.229 e. The first-order chi connectivity index (χ1) is 15.2. The summed E-state index contributed by atoms with van der Waals surface area (Å²) in [6.07, 6.45) is 3.01. The summed E-state index contributed by atoms with van der Waals surface area (Å²) in [5.41, 5.74) is 3.35. The number of carbonyl (C=O) groups excluding carboxylic acids is 1. The smallest absolute Gasteiger partial charge is 0.229 e. The van der Waals surface area contributed by atoms with Crippen molar-refractivity contribution in [2.24, 2.45) is 0 Å². The van der Waals surface area contributed by atoms with E-state index in [4.69, 9.17) is 9.78 Å². The fourth-order valence-electron chi connectivity index (χ4n) is 3.83. The zero-order valence-electron chi connectivity index (χ0n) is 18.5. The van der Waals surface area contributed by atoms with Gasteiger partial charge >= 0.3 is 0 Å². The minimum atomic E-state index is 0.413. The maximum absolute atomic E-state index is 8.00. The van der Waals surface area contributed by atoms with Crippen LogP contribution in [0.25, 0.3) is 0 Å². The quantitative estimate of drug-likeness (QED) is 0.522. The third kappa shape index (κ3) is 6.36. The Morgan fingerprint density at radius 3 is 2.55 bits per heavy atom. The topological polar surface area (TPSA) is 97.5 Å². The molecule has 1 atom stereocenters. The first kappa shape index (κ1) is 22.9. The van der Waals surface area contributed by atoms with E-state index in [1.165, 1.54) is 5.69 Å². The molecule has 31 heavy (non-hydrogen) atoms. The van der Waals surface area contributed by atoms with Crippen molar-refractivity contribution in [2.75, 3.05) is 68.9 Å². The number of anilines is 4. The average molecular weight is 427 g/mol. The van der Waals surface area contributed by atoms with Gasteiger partial charge in [0.05, 0.1) is 0 Å². The Morgan fingerprint density at radius 2 is 1.90 bits per heavy atom. The van der Waals surface area contributed by atoms with Gasteiger partial charge in [-0.2, -0.15) is 4.98 Å². The molecule has 0 saturated carbocycles. The summed E-state index contributed by atoms with van der Waals surface area (Å²) in [5, 5.41) is 13.5. The highest BCUT2D eigenvalue weighted by molar-refractivity contribution is 5.60. The minimum Gasteiger partial charge on any atom is -0.369 e.